The smallest absolute Gasteiger partial charge is 0.407 e. The molecule has 1 aliphatic heterocycles. The van der Waals surface area contributed by atoms with Crippen LogP contribution >= 0.6 is 0 Å². The third kappa shape index (κ3) is 3.71. The summed E-state index contributed by atoms with van der Waals surface area (Å²) in [4.78, 5) is 15.6. The van der Waals surface area contributed by atoms with E-state index in [2.05, 4.69) is 30.0 Å². The lowest BCUT2D eigenvalue weighted by Gasteiger charge is -2.41. The Morgan fingerprint density at radius 3 is 2.54 bits per heavy atom. The largest absolute Gasteiger partial charge is 0.465 e. The normalized spacial score (nSPS) is 30.4. The van der Waals surface area contributed by atoms with Crippen LogP contribution in [0.2, 0.25) is 0 Å². The van der Waals surface area contributed by atoms with Crippen molar-refractivity contribution in [2.45, 2.75) is 62.9 Å². The van der Waals surface area contributed by atoms with E-state index in [0.29, 0.717) is 12.6 Å². The minimum Gasteiger partial charge on any atom is -0.465 e. The number of carboxylic acid groups (broad SMARTS) is 1. The molecule has 1 unspecified atom stereocenters. The number of nitriles is 1. The van der Waals surface area contributed by atoms with Crippen LogP contribution in [0.3, 0.4) is 0 Å². The molecule has 1 saturated heterocycles. The van der Waals surface area contributed by atoms with E-state index in [9.17, 15) is 15.2 Å². The first-order valence-electron chi connectivity index (χ1n) is 9.80. The third-order valence-corrected chi connectivity index (χ3v) is 6.31. The van der Waals surface area contributed by atoms with Crippen LogP contribution in [0.4, 0.5) is 4.79 Å². The summed E-state index contributed by atoms with van der Waals surface area (Å²) in [5.41, 5.74) is 0.779. The van der Waals surface area contributed by atoms with Crippen molar-refractivity contribution < 1.29 is 9.90 Å². The molecule has 2 aliphatic rings. The number of rotatable bonds is 3. The van der Waals surface area contributed by atoms with E-state index in [1.165, 1.54) is 0 Å². The van der Waals surface area contributed by atoms with E-state index in [-0.39, 0.29) is 11.5 Å². The molecule has 1 atom stereocenters. The highest BCUT2D eigenvalue weighted by Gasteiger charge is 2.39. The number of amides is 1. The van der Waals surface area contributed by atoms with Crippen LogP contribution in [0.1, 0.15) is 51.0 Å². The number of hydrogen-bond donors (Lipinski definition) is 1. The number of nitrogens with zero attached hydrogens (tertiary/aromatic N) is 3. The van der Waals surface area contributed by atoms with Crippen LogP contribution in [0, 0.1) is 11.3 Å². The van der Waals surface area contributed by atoms with Crippen molar-refractivity contribution in [3.8, 4) is 6.07 Å². The Labute approximate surface area is 156 Å². The topological polar surface area (TPSA) is 67.6 Å². The highest BCUT2D eigenvalue weighted by atomic mass is 16.4. The van der Waals surface area contributed by atoms with Crippen LogP contribution in [0.15, 0.2) is 30.3 Å². The molecule has 1 aliphatic carbocycles. The molecule has 1 amide bonds. The van der Waals surface area contributed by atoms with Gasteiger partial charge in [0.25, 0.3) is 0 Å². The van der Waals surface area contributed by atoms with E-state index in [1.807, 2.05) is 18.2 Å². The summed E-state index contributed by atoms with van der Waals surface area (Å²) in [6.07, 6.45) is 4.72. The van der Waals surface area contributed by atoms with E-state index in [0.717, 1.165) is 57.2 Å². The number of benzene rings is 1. The van der Waals surface area contributed by atoms with Gasteiger partial charge < -0.3 is 10.0 Å². The van der Waals surface area contributed by atoms with Crippen molar-refractivity contribution in [3.05, 3.63) is 35.9 Å². The van der Waals surface area contributed by atoms with Gasteiger partial charge in [-0.1, -0.05) is 37.3 Å². The molecule has 26 heavy (non-hydrogen) atoms. The monoisotopic (exact) mass is 355 g/mol. The molecule has 2 fully saturated rings. The minimum atomic E-state index is -0.796. The second-order valence-electron chi connectivity index (χ2n) is 7.68. The molecule has 1 aromatic rings. The quantitative estimate of drug-likeness (QED) is 0.894. The molecule has 0 spiro atoms. The van der Waals surface area contributed by atoms with Crippen LogP contribution in [-0.4, -0.2) is 52.7 Å². The second kappa shape index (κ2) is 8.09. The van der Waals surface area contributed by atoms with Gasteiger partial charge in [-0.2, -0.15) is 5.26 Å². The predicted octanol–water partition coefficient (Wildman–Crippen LogP) is 3.85. The number of hydrogen-bond acceptors (Lipinski definition) is 3. The molecular formula is C21H29N3O2. The second-order valence-corrected chi connectivity index (χ2v) is 7.68. The Kier molecular flexibility index (Phi) is 5.83. The Bertz CT molecular complexity index is 647. The summed E-state index contributed by atoms with van der Waals surface area (Å²) < 4.78 is 0. The maximum absolute atomic E-state index is 11.5. The van der Waals surface area contributed by atoms with E-state index >= 15 is 0 Å². The Morgan fingerprint density at radius 2 is 1.96 bits per heavy atom. The molecular weight excluding hydrogens is 326 g/mol. The van der Waals surface area contributed by atoms with Gasteiger partial charge in [0, 0.05) is 31.7 Å². The van der Waals surface area contributed by atoms with Crippen LogP contribution in [0.25, 0.3) is 0 Å². The van der Waals surface area contributed by atoms with Crippen molar-refractivity contribution in [3.63, 3.8) is 0 Å². The van der Waals surface area contributed by atoms with Crippen LogP contribution in [0.5, 0.6) is 0 Å². The SMILES string of the molecule is CCC1CN(C2CCC(C#N)(c3ccccc3)CC2)CCCN1C(=O)O. The molecule has 5 heteroatoms. The van der Waals surface area contributed by atoms with Crippen molar-refractivity contribution in [2.24, 2.45) is 0 Å². The van der Waals surface area contributed by atoms with Crippen molar-refractivity contribution in [1.29, 1.82) is 5.26 Å². The fourth-order valence-corrected chi connectivity index (χ4v) is 4.70. The molecule has 1 aromatic carbocycles. The van der Waals surface area contributed by atoms with Gasteiger partial charge in [-0.25, -0.2) is 4.79 Å². The zero-order chi connectivity index (χ0) is 18.6. The lowest BCUT2D eigenvalue weighted by Crippen LogP contribution is -2.47. The summed E-state index contributed by atoms with van der Waals surface area (Å²) >= 11 is 0. The maximum atomic E-state index is 11.5. The summed E-state index contributed by atoms with van der Waals surface area (Å²) in [5, 5.41) is 19.3. The Balaban J connectivity index is 1.68. The fourth-order valence-electron chi connectivity index (χ4n) is 4.70. The van der Waals surface area contributed by atoms with Gasteiger partial charge in [0.2, 0.25) is 0 Å². The Morgan fingerprint density at radius 1 is 1.27 bits per heavy atom. The molecule has 140 valence electrons. The lowest BCUT2D eigenvalue weighted by molar-refractivity contribution is 0.101. The maximum Gasteiger partial charge on any atom is 0.407 e. The standard InChI is InChI=1S/C21H29N3O2/c1-2-18-15-23(13-6-14-24(18)20(25)26)19-9-11-21(16-22,12-10-19)17-7-4-3-5-8-17/h3-5,7-8,18-19H,2,6,9-15H2,1H3,(H,25,26). The molecule has 0 bridgehead atoms. The first-order valence-corrected chi connectivity index (χ1v) is 9.80. The highest BCUT2D eigenvalue weighted by Crippen LogP contribution is 2.40. The third-order valence-electron chi connectivity index (χ3n) is 6.31. The van der Waals surface area contributed by atoms with Gasteiger partial charge in [0.05, 0.1) is 11.5 Å². The first-order chi connectivity index (χ1) is 12.6. The van der Waals surface area contributed by atoms with Gasteiger partial charge in [-0.3, -0.25) is 4.90 Å². The predicted molar refractivity (Wildman–Crippen MR) is 101 cm³/mol. The molecule has 0 radical (unpaired) electrons. The van der Waals surface area contributed by atoms with Crippen molar-refractivity contribution in [2.75, 3.05) is 19.6 Å². The zero-order valence-corrected chi connectivity index (χ0v) is 15.6. The minimum absolute atomic E-state index is 0.0757. The van der Waals surface area contributed by atoms with Gasteiger partial charge in [-0.05, 0) is 44.1 Å². The van der Waals surface area contributed by atoms with Crippen LogP contribution < -0.4 is 0 Å². The average Bonchev–Trinajstić information content (AvgIpc) is 2.91. The van der Waals surface area contributed by atoms with Gasteiger partial charge in [-0.15, -0.1) is 0 Å². The summed E-state index contributed by atoms with van der Waals surface area (Å²) in [6, 6.07) is 13.3. The molecule has 5 nitrogen and oxygen atoms in total. The van der Waals surface area contributed by atoms with Crippen molar-refractivity contribution >= 4 is 6.09 Å². The summed E-state index contributed by atoms with van der Waals surface area (Å²) in [6.45, 7) is 4.47. The Hall–Kier alpha value is -2.06. The van der Waals surface area contributed by atoms with E-state index in [1.54, 1.807) is 4.90 Å². The molecule has 3 rings (SSSR count). The molecule has 0 aromatic heterocycles. The van der Waals surface area contributed by atoms with E-state index < -0.39 is 6.09 Å². The molecule has 1 saturated carbocycles. The zero-order valence-electron chi connectivity index (χ0n) is 15.6. The molecule has 1 heterocycles. The van der Waals surface area contributed by atoms with Crippen molar-refractivity contribution in [1.82, 2.24) is 9.80 Å². The van der Waals surface area contributed by atoms with Gasteiger partial charge >= 0.3 is 6.09 Å². The fraction of sp³-hybridized carbons (Fsp3) is 0.619. The highest BCUT2D eigenvalue weighted by molar-refractivity contribution is 5.65. The summed E-state index contributed by atoms with van der Waals surface area (Å²) in [5.74, 6) is 0. The van der Waals surface area contributed by atoms with Gasteiger partial charge in [0.15, 0.2) is 0 Å². The first kappa shape index (κ1) is 18.7. The molecule has 1 N–H and O–H groups in total. The van der Waals surface area contributed by atoms with Crippen LogP contribution in [-0.2, 0) is 5.41 Å². The average molecular weight is 355 g/mol. The lowest BCUT2D eigenvalue weighted by atomic mass is 9.69. The number of carbonyl (C=O) groups is 1. The van der Waals surface area contributed by atoms with Gasteiger partial charge in [0.1, 0.15) is 0 Å². The van der Waals surface area contributed by atoms with E-state index in [4.69, 9.17) is 0 Å². The summed E-state index contributed by atoms with van der Waals surface area (Å²) in [7, 11) is 0.